The number of halogens is 6. The second-order valence-electron chi connectivity index (χ2n) is 8.32. The van der Waals surface area contributed by atoms with Gasteiger partial charge in [-0.15, -0.1) is 0 Å². The van der Waals surface area contributed by atoms with Gasteiger partial charge >= 0.3 is 12.4 Å². The van der Waals surface area contributed by atoms with Crippen molar-refractivity contribution in [1.82, 2.24) is 15.5 Å². The summed E-state index contributed by atoms with van der Waals surface area (Å²) in [6.07, 6.45) is -5.88. The van der Waals surface area contributed by atoms with Gasteiger partial charge in [0.05, 0.1) is 20.8 Å². The van der Waals surface area contributed by atoms with E-state index in [1.54, 1.807) is 0 Å². The maximum Gasteiger partial charge on any atom is 0.417 e. The number of allylic oxidation sites excluding steroid dienone is 2. The summed E-state index contributed by atoms with van der Waals surface area (Å²) in [7, 11) is -4.19. The molecule has 1 atom stereocenters. The molecule has 13 heteroatoms. The fraction of sp³-hybridized carbons (Fsp3) is 0.381. The molecule has 0 saturated heterocycles. The molecule has 1 aromatic carbocycles. The van der Waals surface area contributed by atoms with Gasteiger partial charge in [-0.3, -0.25) is 4.79 Å². The van der Waals surface area contributed by atoms with Crippen LogP contribution in [0, 0.1) is 0 Å². The normalized spacial score (nSPS) is 18.7. The van der Waals surface area contributed by atoms with Gasteiger partial charge in [-0.25, -0.2) is 8.42 Å². The van der Waals surface area contributed by atoms with Crippen molar-refractivity contribution in [2.75, 3.05) is 6.54 Å². The molecule has 2 aliphatic rings. The second-order valence-corrected chi connectivity index (χ2v) is 10.9. The number of benzene rings is 1. The van der Waals surface area contributed by atoms with E-state index in [2.05, 4.69) is 10.6 Å². The number of alkyl halides is 6. The third-order valence-corrected chi connectivity index (χ3v) is 7.97. The summed E-state index contributed by atoms with van der Waals surface area (Å²) >= 11 is 0. The number of nitrogens with one attached hydrogen (secondary N) is 2. The van der Waals surface area contributed by atoms with E-state index in [0.717, 1.165) is 30.5 Å². The van der Waals surface area contributed by atoms with Crippen LogP contribution < -0.4 is 10.6 Å². The van der Waals surface area contributed by atoms with Crippen LogP contribution in [0.4, 0.5) is 26.3 Å². The first-order chi connectivity index (χ1) is 15.5. The van der Waals surface area contributed by atoms with E-state index in [4.69, 9.17) is 0 Å². The molecule has 34 heavy (non-hydrogen) atoms. The predicted molar refractivity (Wildman–Crippen MR) is 110 cm³/mol. The highest BCUT2D eigenvalue weighted by molar-refractivity contribution is 7.92. The fourth-order valence-corrected chi connectivity index (χ4v) is 4.87. The van der Waals surface area contributed by atoms with Crippen LogP contribution in [-0.4, -0.2) is 42.9 Å². The largest absolute Gasteiger partial charge is 0.417 e. The number of carbonyl (C=O) groups excluding carboxylic acids is 1. The SMILES string of the molecule is CC(C)(CCNC(=O)C1=CN2C=C(C(F)(F)F)C=CC2N1)S(=O)(=O)c1cccc(C(F)(F)F)c1. The molecule has 0 aliphatic carbocycles. The van der Waals surface area contributed by atoms with Gasteiger partial charge in [0.15, 0.2) is 9.84 Å². The number of hydrogen-bond acceptors (Lipinski definition) is 5. The van der Waals surface area contributed by atoms with Gasteiger partial charge in [-0.2, -0.15) is 26.3 Å². The lowest BCUT2D eigenvalue weighted by Crippen LogP contribution is -2.40. The van der Waals surface area contributed by atoms with Crippen LogP contribution in [0.1, 0.15) is 25.8 Å². The molecule has 1 unspecified atom stereocenters. The maximum absolute atomic E-state index is 13.0. The van der Waals surface area contributed by atoms with Gasteiger partial charge in [0.1, 0.15) is 11.9 Å². The Kier molecular flexibility index (Phi) is 6.55. The number of carbonyl (C=O) groups is 1. The molecule has 2 N–H and O–H groups in total. The van der Waals surface area contributed by atoms with Crippen LogP contribution in [0.25, 0.3) is 0 Å². The van der Waals surface area contributed by atoms with Gasteiger partial charge in [0, 0.05) is 18.9 Å². The van der Waals surface area contributed by atoms with Crippen molar-refractivity contribution < 1.29 is 39.6 Å². The number of amides is 1. The van der Waals surface area contributed by atoms with E-state index in [0.29, 0.717) is 6.07 Å². The van der Waals surface area contributed by atoms with Crippen LogP contribution in [0.2, 0.25) is 0 Å². The molecule has 1 amide bonds. The minimum Gasteiger partial charge on any atom is -0.356 e. The molecule has 1 aromatic rings. The van der Waals surface area contributed by atoms with Crippen molar-refractivity contribution >= 4 is 15.7 Å². The number of nitrogens with zero attached hydrogens (tertiary/aromatic N) is 1. The van der Waals surface area contributed by atoms with Crippen molar-refractivity contribution in [3.05, 3.63) is 65.7 Å². The van der Waals surface area contributed by atoms with Crippen LogP contribution in [0.3, 0.4) is 0 Å². The Hall–Kier alpha value is -2.96. The fourth-order valence-electron chi connectivity index (χ4n) is 3.32. The van der Waals surface area contributed by atoms with Crippen LogP contribution in [-0.2, 0) is 20.8 Å². The third kappa shape index (κ3) is 5.24. The van der Waals surface area contributed by atoms with E-state index in [9.17, 15) is 39.6 Å². The van der Waals surface area contributed by atoms with Gasteiger partial charge in [0.2, 0.25) is 0 Å². The number of fused-ring (bicyclic) bond motifs is 1. The number of rotatable bonds is 6. The molecule has 2 heterocycles. The molecule has 2 aliphatic heterocycles. The molecule has 186 valence electrons. The summed E-state index contributed by atoms with van der Waals surface area (Å²) in [5.74, 6) is -0.669. The monoisotopic (exact) mass is 509 g/mol. The highest BCUT2D eigenvalue weighted by Gasteiger charge is 2.39. The quantitative estimate of drug-likeness (QED) is 0.570. The van der Waals surface area contributed by atoms with E-state index < -0.39 is 55.0 Å². The Morgan fingerprint density at radius 2 is 1.76 bits per heavy atom. The summed E-state index contributed by atoms with van der Waals surface area (Å²) < 4.78 is 102. The molecule has 0 aromatic heterocycles. The smallest absolute Gasteiger partial charge is 0.356 e. The molecule has 0 radical (unpaired) electrons. The third-order valence-electron chi connectivity index (χ3n) is 5.43. The van der Waals surface area contributed by atoms with Gasteiger partial charge in [0.25, 0.3) is 5.91 Å². The Morgan fingerprint density at radius 1 is 1.09 bits per heavy atom. The van der Waals surface area contributed by atoms with E-state index >= 15 is 0 Å². The zero-order valence-corrected chi connectivity index (χ0v) is 18.8. The lowest BCUT2D eigenvalue weighted by molar-refractivity contribution is -0.137. The minimum absolute atomic E-state index is 0.0205. The lowest BCUT2D eigenvalue weighted by Gasteiger charge is -2.25. The van der Waals surface area contributed by atoms with E-state index in [1.807, 2.05) is 0 Å². The Balaban J connectivity index is 1.64. The summed E-state index contributed by atoms with van der Waals surface area (Å²) in [6, 6.07) is 3.41. The van der Waals surface area contributed by atoms with Crippen molar-refractivity contribution in [3.8, 4) is 0 Å². The average Bonchev–Trinajstić information content (AvgIpc) is 3.16. The van der Waals surface area contributed by atoms with E-state index in [1.165, 1.54) is 31.0 Å². The first-order valence-corrected chi connectivity index (χ1v) is 11.4. The van der Waals surface area contributed by atoms with Gasteiger partial charge in [-0.05, 0) is 50.6 Å². The summed E-state index contributed by atoms with van der Waals surface area (Å²) in [6.45, 7) is 2.51. The van der Waals surface area contributed by atoms with Crippen LogP contribution >= 0.6 is 0 Å². The van der Waals surface area contributed by atoms with Crippen molar-refractivity contribution in [1.29, 1.82) is 0 Å². The zero-order chi connectivity index (χ0) is 25.5. The molecule has 0 fully saturated rings. The maximum atomic E-state index is 13.0. The summed E-state index contributed by atoms with van der Waals surface area (Å²) in [5, 5.41) is 5.22. The highest BCUT2D eigenvalue weighted by atomic mass is 32.2. The number of hydrogen-bond donors (Lipinski definition) is 2. The summed E-state index contributed by atoms with van der Waals surface area (Å²) in [5.41, 5.74) is -2.00. The molecule has 0 saturated carbocycles. The Labute approximate surface area is 191 Å². The minimum atomic E-state index is -4.70. The predicted octanol–water partition coefficient (Wildman–Crippen LogP) is 3.85. The molecule has 0 bridgehead atoms. The van der Waals surface area contributed by atoms with Gasteiger partial charge in [-0.1, -0.05) is 6.07 Å². The Bertz CT molecular complexity index is 1170. The molecule has 6 nitrogen and oxygen atoms in total. The molecule has 3 rings (SSSR count). The highest BCUT2D eigenvalue weighted by Crippen LogP contribution is 2.34. The molecular weight excluding hydrogens is 488 g/mol. The zero-order valence-electron chi connectivity index (χ0n) is 18.0. The number of sulfone groups is 1. The molecular formula is C21H21F6N3O3S. The first kappa shape index (κ1) is 25.7. The van der Waals surface area contributed by atoms with Crippen LogP contribution in [0.5, 0.6) is 0 Å². The standard InChI is InChI=1S/C21H21F6N3O3S/c1-19(2,34(32,33)15-5-3-4-13(10-15)20(22,23)24)8-9-28-18(31)16-12-30-11-14(21(25,26)27)6-7-17(30)29-16/h3-7,10-12,17,29H,8-9H2,1-2H3,(H,28,31). The van der Waals surface area contributed by atoms with Crippen molar-refractivity contribution in [2.24, 2.45) is 0 Å². The van der Waals surface area contributed by atoms with Crippen LogP contribution in [0.15, 0.2) is 65.0 Å². The Morgan fingerprint density at radius 3 is 2.38 bits per heavy atom. The van der Waals surface area contributed by atoms with Crippen molar-refractivity contribution in [2.45, 2.75) is 48.4 Å². The first-order valence-electron chi connectivity index (χ1n) is 9.95. The van der Waals surface area contributed by atoms with Gasteiger partial charge < -0.3 is 15.5 Å². The second kappa shape index (κ2) is 8.67. The average molecular weight is 509 g/mol. The topological polar surface area (TPSA) is 78.5 Å². The lowest BCUT2D eigenvalue weighted by atomic mass is 10.1. The molecule has 0 spiro atoms. The summed E-state index contributed by atoms with van der Waals surface area (Å²) in [4.78, 5) is 13.1. The van der Waals surface area contributed by atoms with E-state index in [-0.39, 0.29) is 18.7 Å². The van der Waals surface area contributed by atoms with Crippen molar-refractivity contribution in [3.63, 3.8) is 0 Å².